The lowest BCUT2D eigenvalue weighted by Crippen LogP contribution is -2.75. The van der Waals surface area contributed by atoms with Gasteiger partial charge in [0.05, 0.1) is 11.0 Å². The van der Waals surface area contributed by atoms with Gasteiger partial charge < -0.3 is 14.4 Å². The van der Waals surface area contributed by atoms with Crippen LogP contribution in [0.4, 0.5) is 16.2 Å². The van der Waals surface area contributed by atoms with Crippen LogP contribution < -0.4 is 19.7 Å². The molecule has 4 aliphatic rings. The third-order valence-corrected chi connectivity index (χ3v) is 7.89. The lowest BCUT2D eigenvalue weighted by molar-refractivity contribution is -0.384. The number of rotatable bonds is 4. The van der Waals surface area contributed by atoms with Crippen molar-refractivity contribution in [1.82, 2.24) is 15.1 Å². The van der Waals surface area contributed by atoms with Crippen LogP contribution in [0.25, 0.3) is 0 Å². The predicted octanol–water partition coefficient (Wildman–Crippen LogP) is 2.04. The molecule has 2 fully saturated rings. The van der Waals surface area contributed by atoms with E-state index in [4.69, 9.17) is 9.47 Å². The molecule has 1 N–H and O–H groups in total. The van der Waals surface area contributed by atoms with Crippen LogP contribution >= 0.6 is 0 Å². The Morgan fingerprint density at radius 1 is 1.11 bits per heavy atom. The molecule has 4 amide bonds. The molecule has 0 bridgehead atoms. The van der Waals surface area contributed by atoms with E-state index >= 15 is 0 Å². The Bertz CT molecular complexity index is 1380. The first-order valence-electron chi connectivity index (χ1n) is 12.5. The summed E-state index contributed by atoms with van der Waals surface area (Å²) in [6.07, 6.45) is -0.0375. The van der Waals surface area contributed by atoms with Crippen molar-refractivity contribution >= 4 is 29.2 Å². The second kappa shape index (κ2) is 8.69. The van der Waals surface area contributed by atoms with E-state index in [2.05, 4.69) is 10.2 Å². The molecule has 2 saturated heterocycles. The van der Waals surface area contributed by atoms with E-state index in [0.29, 0.717) is 43.2 Å². The number of urea groups is 1. The average molecular weight is 522 g/mol. The molecule has 2 aromatic rings. The van der Waals surface area contributed by atoms with Crippen LogP contribution in [0.5, 0.6) is 11.5 Å². The number of barbiturate groups is 1. The van der Waals surface area contributed by atoms with Gasteiger partial charge in [-0.15, -0.1) is 0 Å². The van der Waals surface area contributed by atoms with Crippen molar-refractivity contribution in [3.05, 3.63) is 57.6 Å². The van der Waals surface area contributed by atoms with Crippen LogP contribution in [0.1, 0.15) is 25.0 Å². The largest absolute Gasteiger partial charge is 0.454 e. The third kappa shape index (κ3) is 3.58. The van der Waals surface area contributed by atoms with Gasteiger partial charge in [-0.05, 0) is 43.2 Å². The number of fused-ring (bicyclic) bond motifs is 5. The Labute approximate surface area is 218 Å². The second-order valence-corrected chi connectivity index (χ2v) is 10.4. The van der Waals surface area contributed by atoms with Crippen molar-refractivity contribution in [1.29, 1.82) is 0 Å². The Morgan fingerprint density at radius 2 is 1.89 bits per heavy atom. The standard InChI is InChI=1S/C26H27N5O7/c1-15(2)30-24(33)26(23(32)27-25(30)34)11-17-10-18(31(35)36)4-5-19(17)29-8-7-28(13-22(26)29)12-16-3-6-20-21(9-16)38-14-37-20/h3-6,9-10,15,22H,7-8,11-14H2,1-2H3,(H,27,32,34). The minimum atomic E-state index is -1.62. The summed E-state index contributed by atoms with van der Waals surface area (Å²) in [6.45, 7) is 5.69. The maximum Gasteiger partial charge on any atom is 0.331 e. The predicted molar refractivity (Wildman–Crippen MR) is 134 cm³/mol. The van der Waals surface area contributed by atoms with Crippen molar-refractivity contribution in [2.75, 3.05) is 31.3 Å². The zero-order chi connectivity index (χ0) is 26.8. The van der Waals surface area contributed by atoms with Crippen LogP contribution in [-0.4, -0.2) is 71.1 Å². The maximum absolute atomic E-state index is 14.1. The molecule has 0 aromatic heterocycles. The summed E-state index contributed by atoms with van der Waals surface area (Å²) < 4.78 is 10.9. The molecule has 198 valence electrons. The summed E-state index contributed by atoms with van der Waals surface area (Å²) in [6, 6.07) is 8.52. The monoisotopic (exact) mass is 521 g/mol. The van der Waals surface area contributed by atoms with E-state index in [0.717, 1.165) is 16.2 Å². The zero-order valence-electron chi connectivity index (χ0n) is 21.0. The van der Waals surface area contributed by atoms with Gasteiger partial charge in [-0.2, -0.15) is 0 Å². The molecule has 1 spiro atoms. The molecule has 6 rings (SSSR count). The van der Waals surface area contributed by atoms with Gasteiger partial charge in [-0.25, -0.2) is 4.79 Å². The number of benzene rings is 2. The van der Waals surface area contributed by atoms with E-state index in [-0.39, 0.29) is 18.9 Å². The molecule has 4 heterocycles. The summed E-state index contributed by atoms with van der Waals surface area (Å²) in [5.74, 6) is 0.136. The van der Waals surface area contributed by atoms with Gasteiger partial charge in [0.2, 0.25) is 18.6 Å². The SMILES string of the molecule is CC(C)N1C(=O)NC(=O)C2(Cc3cc([N+](=O)[O-])ccc3N3CCN(Cc4ccc5c(c4)OCO5)CC32)C1=O. The number of nitrogens with zero attached hydrogens (tertiary/aromatic N) is 4. The molecule has 38 heavy (non-hydrogen) atoms. The number of ether oxygens (including phenoxy) is 2. The first kappa shape index (κ1) is 24.2. The fraction of sp³-hybridized carbons (Fsp3) is 0.423. The van der Waals surface area contributed by atoms with Crippen LogP contribution in [-0.2, 0) is 22.6 Å². The molecular formula is C26H27N5O7. The van der Waals surface area contributed by atoms with Crippen molar-refractivity contribution in [2.24, 2.45) is 5.41 Å². The lowest BCUT2D eigenvalue weighted by atomic mass is 9.67. The molecule has 4 aliphatic heterocycles. The van der Waals surface area contributed by atoms with E-state index in [9.17, 15) is 24.5 Å². The molecule has 0 radical (unpaired) electrons. The summed E-state index contributed by atoms with van der Waals surface area (Å²) in [7, 11) is 0. The molecule has 0 saturated carbocycles. The minimum absolute atomic E-state index is 0.0375. The number of nitrogens with one attached hydrogen (secondary N) is 1. The summed E-state index contributed by atoms with van der Waals surface area (Å²) in [5.41, 5.74) is 0.582. The Morgan fingerprint density at radius 3 is 2.66 bits per heavy atom. The normalized spacial score (nSPS) is 24.5. The van der Waals surface area contributed by atoms with Gasteiger partial charge in [0.1, 0.15) is 0 Å². The van der Waals surface area contributed by atoms with E-state index in [1.165, 1.54) is 12.1 Å². The number of nitro groups is 1. The van der Waals surface area contributed by atoms with Crippen molar-refractivity contribution in [3.8, 4) is 11.5 Å². The fourth-order valence-corrected chi connectivity index (χ4v) is 6.11. The van der Waals surface area contributed by atoms with E-state index in [1.807, 2.05) is 23.1 Å². The molecule has 2 aromatic carbocycles. The van der Waals surface area contributed by atoms with Crippen molar-refractivity contribution < 1.29 is 28.8 Å². The number of nitro benzene ring substituents is 1. The van der Waals surface area contributed by atoms with Gasteiger partial charge in [-0.1, -0.05) is 6.07 Å². The maximum atomic E-state index is 14.1. The van der Waals surface area contributed by atoms with Gasteiger partial charge in [0.25, 0.3) is 5.69 Å². The third-order valence-electron chi connectivity index (χ3n) is 7.89. The number of anilines is 1. The van der Waals surface area contributed by atoms with Crippen molar-refractivity contribution in [2.45, 2.75) is 38.9 Å². The van der Waals surface area contributed by atoms with E-state index < -0.39 is 40.3 Å². The first-order chi connectivity index (χ1) is 18.2. The molecule has 12 heteroatoms. The minimum Gasteiger partial charge on any atom is -0.454 e. The number of amides is 4. The highest BCUT2D eigenvalue weighted by Gasteiger charge is 2.63. The number of piperazine rings is 1. The molecule has 2 atom stereocenters. The van der Waals surface area contributed by atoms with Crippen LogP contribution in [0.3, 0.4) is 0 Å². The Kier molecular flexibility index (Phi) is 5.53. The van der Waals surface area contributed by atoms with Gasteiger partial charge in [0, 0.05) is 56.5 Å². The summed E-state index contributed by atoms with van der Waals surface area (Å²) in [4.78, 5) is 56.7. The Balaban J connectivity index is 1.40. The van der Waals surface area contributed by atoms with Crippen LogP contribution in [0.15, 0.2) is 36.4 Å². The lowest BCUT2D eigenvalue weighted by Gasteiger charge is -2.55. The molecule has 12 nitrogen and oxygen atoms in total. The van der Waals surface area contributed by atoms with Crippen LogP contribution in [0, 0.1) is 15.5 Å². The summed E-state index contributed by atoms with van der Waals surface area (Å²) >= 11 is 0. The number of hydrogen-bond donors (Lipinski definition) is 1. The Hall–Kier alpha value is -4.19. The number of hydrogen-bond acceptors (Lipinski definition) is 9. The zero-order valence-corrected chi connectivity index (χ0v) is 21.0. The topological polar surface area (TPSA) is 135 Å². The quantitative estimate of drug-likeness (QED) is 0.364. The number of non-ortho nitro benzene ring substituents is 1. The summed E-state index contributed by atoms with van der Waals surface area (Å²) in [5, 5.41) is 13.9. The fourth-order valence-electron chi connectivity index (χ4n) is 6.11. The average Bonchev–Trinajstić information content (AvgIpc) is 3.34. The van der Waals surface area contributed by atoms with Gasteiger partial charge in [-0.3, -0.25) is 34.8 Å². The molecule has 0 aliphatic carbocycles. The molecule has 2 unspecified atom stereocenters. The highest BCUT2D eigenvalue weighted by molar-refractivity contribution is 6.20. The first-order valence-corrected chi connectivity index (χ1v) is 12.5. The highest BCUT2D eigenvalue weighted by Crippen LogP contribution is 2.47. The van der Waals surface area contributed by atoms with Gasteiger partial charge in [0.15, 0.2) is 16.9 Å². The van der Waals surface area contributed by atoms with Crippen LogP contribution in [0.2, 0.25) is 0 Å². The highest BCUT2D eigenvalue weighted by atomic mass is 16.7. The van der Waals surface area contributed by atoms with E-state index in [1.54, 1.807) is 19.9 Å². The molecular weight excluding hydrogens is 494 g/mol. The smallest absolute Gasteiger partial charge is 0.331 e. The van der Waals surface area contributed by atoms with Crippen molar-refractivity contribution in [3.63, 3.8) is 0 Å². The number of carbonyl (C=O) groups is 3. The second-order valence-electron chi connectivity index (χ2n) is 10.4. The van der Waals surface area contributed by atoms with Gasteiger partial charge >= 0.3 is 6.03 Å². The number of carbonyl (C=O) groups excluding carboxylic acids is 3. The number of imide groups is 2.